The average molecular weight is 229 g/mol. The van der Waals surface area contributed by atoms with E-state index in [9.17, 15) is 0 Å². The van der Waals surface area contributed by atoms with Gasteiger partial charge in [0.05, 0.1) is 24.6 Å². The van der Waals surface area contributed by atoms with Gasteiger partial charge in [-0.05, 0) is 22.0 Å². The second kappa shape index (κ2) is 3.41. The normalized spacial score (nSPS) is 16.1. The molecule has 1 N–H and O–H groups in total. The molecule has 0 aliphatic carbocycles. The third-order valence-corrected chi connectivity index (χ3v) is 2.17. The quantitative estimate of drug-likeness (QED) is 0.736. The molecular formula is C8H9BrN2O. The summed E-state index contributed by atoms with van der Waals surface area (Å²) in [6, 6.07) is 2.02. The van der Waals surface area contributed by atoms with Crippen LogP contribution in [0.15, 0.2) is 16.7 Å². The van der Waals surface area contributed by atoms with Crippen LogP contribution in [0.25, 0.3) is 0 Å². The third-order valence-electron chi connectivity index (χ3n) is 1.74. The summed E-state index contributed by atoms with van der Waals surface area (Å²) in [5, 5.41) is 3.25. The molecule has 2 rings (SSSR count). The van der Waals surface area contributed by atoms with Crippen LogP contribution < -0.4 is 5.32 Å². The number of nitrogens with zero attached hydrogens (tertiary/aromatic N) is 1. The SMILES string of the molecule is Brc1cnc2c(c1)NCCOC2. The van der Waals surface area contributed by atoms with Crippen molar-refractivity contribution in [3.8, 4) is 0 Å². The van der Waals surface area contributed by atoms with Gasteiger partial charge >= 0.3 is 0 Å². The van der Waals surface area contributed by atoms with Crippen molar-refractivity contribution in [1.82, 2.24) is 4.98 Å². The number of aromatic nitrogens is 1. The number of pyridine rings is 1. The van der Waals surface area contributed by atoms with Crippen molar-refractivity contribution in [1.29, 1.82) is 0 Å². The number of hydrogen-bond acceptors (Lipinski definition) is 3. The van der Waals surface area contributed by atoms with Gasteiger partial charge in [-0.1, -0.05) is 0 Å². The summed E-state index contributed by atoms with van der Waals surface area (Å²) in [6.07, 6.45) is 1.79. The maximum absolute atomic E-state index is 5.32. The highest BCUT2D eigenvalue weighted by Gasteiger charge is 2.07. The summed E-state index contributed by atoms with van der Waals surface area (Å²) < 4.78 is 6.32. The zero-order valence-corrected chi connectivity index (χ0v) is 8.10. The highest BCUT2D eigenvalue weighted by atomic mass is 79.9. The molecule has 0 unspecified atom stereocenters. The molecule has 0 spiro atoms. The number of rotatable bonds is 0. The summed E-state index contributed by atoms with van der Waals surface area (Å²) >= 11 is 3.37. The van der Waals surface area contributed by atoms with Crippen molar-refractivity contribution in [3.63, 3.8) is 0 Å². The van der Waals surface area contributed by atoms with Crippen LogP contribution in [0, 0.1) is 0 Å². The van der Waals surface area contributed by atoms with E-state index in [0.29, 0.717) is 6.61 Å². The minimum atomic E-state index is 0.607. The van der Waals surface area contributed by atoms with Crippen LogP contribution in [0.3, 0.4) is 0 Å². The molecule has 2 heterocycles. The summed E-state index contributed by atoms with van der Waals surface area (Å²) in [5.74, 6) is 0. The lowest BCUT2D eigenvalue weighted by Gasteiger charge is -2.04. The van der Waals surface area contributed by atoms with Crippen molar-refractivity contribution in [3.05, 3.63) is 22.4 Å². The topological polar surface area (TPSA) is 34.2 Å². The lowest BCUT2D eigenvalue weighted by Crippen LogP contribution is -2.04. The van der Waals surface area contributed by atoms with Gasteiger partial charge in [0.1, 0.15) is 0 Å². The lowest BCUT2D eigenvalue weighted by atomic mass is 10.3. The molecule has 3 nitrogen and oxygen atoms in total. The molecule has 0 radical (unpaired) electrons. The molecule has 0 saturated heterocycles. The Balaban J connectivity index is 2.36. The average Bonchev–Trinajstić information content (AvgIpc) is 2.28. The van der Waals surface area contributed by atoms with Gasteiger partial charge in [-0.2, -0.15) is 0 Å². The van der Waals surface area contributed by atoms with E-state index in [-0.39, 0.29) is 0 Å². The van der Waals surface area contributed by atoms with Gasteiger partial charge in [0.2, 0.25) is 0 Å². The lowest BCUT2D eigenvalue weighted by molar-refractivity contribution is 0.132. The molecule has 0 bridgehead atoms. The number of anilines is 1. The second-order valence-electron chi connectivity index (χ2n) is 2.63. The number of halogens is 1. The Morgan fingerprint density at radius 3 is 3.42 bits per heavy atom. The molecule has 1 aromatic heterocycles. The van der Waals surface area contributed by atoms with Crippen molar-refractivity contribution in [2.45, 2.75) is 6.61 Å². The summed E-state index contributed by atoms with van der Waals surface area (Å²) in [7, 11) is 0. The zero-order valence-electron chi connectivity index (χ0n) is 6.51. The van der Waals surface area contributed by atoms with Gasteiger partial charge in [-0.3, -0.25) is 4.98 Å². The van der Waals surface area contributed by atoms with Crippen LogP contribution in [-0.4, -0.2) is 18.1 Å². The van der Waals surface area contributed by atoms with E-state index >= 15 is 0 Å². The number of nitrogens with one attached hydrogen (secondary N) is 1. The third kappa shape index (κ3) is 1.59. The van der Waals surface area contributed by atoms with E-state index in [2.05, 4.69) is 26.2 Å². The van der Waals surface area contributed by atoms with Gasteiger partial charge in [-0.15, -0.1) is 0 Å². The van der Waals surface area contributed by atoms with E-state index in [1.165, 1.54) is 0 Å². The summed E-state index contributed by atoms with van der Waals surface area (Å²) in [4.78, 5) is 4.24. The molecule has 1 aliphatic heterocycles. The maximum atomic E-state index is 5.32. The second-order valence-corrected chi connectivity index (χ2v) is 3.54. The Morgan fingerprint density at radius 2 is 2.50 bits per heavy atom. The standard InChI is InChI=1S/C8H9BrN2O/c9-6-3-7-8(11-4-6)5-12-2-1-10-7/h3-4,10H,1-2,5H2. The summed E-state index contributed by atoms with van der Waals surface area (Å²) in [5.41, 5.74) is 2.05. The molecule has 12 heavy (non-hydrogen) atoms. The summed E-state index contributed by atoms with van der Waals surface area (Å²) in [6.45, 7) is 2.20. The Morgan fingerprint density at radius 1 is 1.58 bits per heavy atom. The van der Waals surface area contributed by atoms with E-state index in [1.54, 1.807) is 6.20 Å². The zero-order chi connectivity index (χ0) is 8.39. The molecule has 0 atom stereocenters. The molecule has 1 aliphatic rings. The minimum Gasteiger partial charge on any atom is -0.381 e. The van der Waals surface area contributed by atoms with Gasteiger partial charge in [-0.25, -0.2) is 0 Å². The van der Waals surface area contributed by atoms with Crippen LogP contribution in [0.1, 0.15) is 5.69 Å². The number of ether oxygens (including phenoxy) is 1. The Bertz CT molecular complexity index is 290. The number of fused-ring (bicyclic) bond motifs is 1. The molecule has 4 heteroatoms. The molecule has 0 amide bonds. The van der Waals surface area contributed by atoms with Crippen LogP contribution >= 0.6 is 15.9 Å². The van der Waals surface area contributed by atoms with Crippen LogP contribution in [0.5, 0.6) is 0 Å². The minimum absolute atomic E-state index is 0.607. The van der Waals surface area contributed by atoms with Crippen molar-refractivity contribution < 1.29 is 4.74 Å². The van der Waals surface area contributed by atoms with Crippen molar-refractivity contribution in [2.24, 2.45) is 0 Å². The Labute approximate surface area is 79.3 Å². The maximum Gasteiger partial charge on any atom is 0.0909 e. The molecule has 0 aromatic carbocycles. The monoisotopic (exact) mass is 228 g/mol. The van der Waals surface area contributed by atoms with Gasteiger partial charge < -0.3 is 10.1 Å². The fraction of sp³-hybridized carbons (Fsp3) is 0.375. The molecule has 0 saturated carbocycles. The van der Waals surface area contributed by atoms with E-state index in [1.807, 2.05) is 6.07 Å². The largest absolute Gasteiger partial charge is 0.381 e. The number of hydrogen-bond donors (Lipinski definition) is 1. The molecule has 1 aromatic rings. The fourth-order valence-electron chi connectivity index (χ4n) is 1.16. The van der Waals surface area contributed by atoms with E-state index in [0.717, 1.165) is 29.0 Å². The first-order chi connectivity index (χ1) is 5.86. The molecule has 64 valence electrons. The Kier molecular flexibility index (Phi) is 2.28. The van der Waals surface area contributed by atoms with Gasteiger partial charge in [0, 0.05) is 17.2 Å². The predicted octanol–water partition coefficient (Wildman–Crippen LogP) is 1.79. The van der Waals surface area contributed by atoms with Crippen LogP contribution in [0.4, 0.5) is 5.69 Å². The van der Waals surface area contributed by atoms with Crippen molar-refractivity contribution in [2.75, 3.05) is 18.5 Å². The first kappa shape index (κ1) is 8.01. The predicted molar refractivity (Wildman–Crippen MR) is 50.1 cm³/mol. The van der Waals surface area contributed by atoms with Gasteiger partial charge in [0.25, 0.3) is 0 Å². The first-order valence-electron chi connectivity index (χ1n) is 3.82. The smallest absolute Gasteiger partial charge is 0.0909 e. The highest BCUT2D eigenvalue weighted by Crippen LogP contribution is 2.20. The van der Waals surface area contributed by atoms with Crippen LogP contribution in [0.2, 0.25) is 0 Å². The van der Waals surface area contributed by atoms with Crippen LogP contribution in [-0.2, 0) is 11.3 Å². The van der Waals surface area contributed by atoms with E-state index < -0.39 is 0 Å². The van der Waals surface area contributed by atoms with E-state index in [4.69, 9.17) is 4.74 Å². The Hall–Kier alpha value is -0.610. The fourth-order valence-corrected chi connectivity index (χ4v) is 1.49. The molecular weight excluding hydrogens is 220 g/mol. The first-order valence-corrected chi connectivity index (χ1v) is 4.61. The van der Waals surface area contributed by atoms with Crippen molar-refractivity contribution >= 4 is 21.6 Å². The molecule has 0 fully saturated rings. The van der Waals surface area contributed by atoms with Gasteiger partial charge in [0.15, 0.2) is 0 Å². The highest BCUT2D eigenvalue weighted by molar-refractivity contribution is 9.10.